The van der Waals surface area contributed by atoms with Gasteiger partial charge in [-0.1, -0.05) is 42.8 Å². The van der Waals surface area contributed by atoms with Crippen LogP contribution in [-0.4, -0.2) is 29.1 Å². The second kappa shape index (κ2) is 11.7. The lowest BCUT2D eigenvalue weighted by Gasteiger charge is -2.35. The molecule has 0 spiro atoms. The van der Waals surface area contributed by atoms with Crippen LogP contribution in [0.25, 0.3) is 0 Å². The van der Waals surface area contributed by atoms with E-state index in [1.54, 1.807) is 0 Å². The van der Waals surface area contributed by atoms with Crippen LogP contribution in [0.2, 0.25) is 0 Å². The number of hydrogen-bond acceptors (Lipinski definition) is 6. The molecular weight excluding hydrogens is 478 g/mol. The number of carbonyl (C=O) groups excluding carboxylic acids is 2. The maximum Gasteiger partial charge on any atom is 0.332 e. The van der Waals surface area contributed by atoms with Crippen molar-refractivity contribution in [1.82, 2.24) is 5.16 Å². The molecule has 6 nitrogen and oxygen atoms in total. The van der Waals surface area contributed by atoms with Crippen LogP contribution >= 0.6 is 0 Å². The number of benzene rings is 1. The molecule has 38 heavy (non-hydrogen) atoms. The average molecular weight is 524 g/mol. The van der Waals surface area contributed by atoms with E-state index >= 15 is 0 Å². The molecule has 0 N–H and O–H groups in total. The summed E-state index contributed by atoms with van der Waals surface area (Å²) in [5.41, 5.74) is 4.52. The van der Waals surface area contributed by atoms with Gasteiger partial charge in [0.05, 0.1) is 0 Å². The third kappa shape index (κ3) is 7.56. The molecule has 0 saturated heterocycles. The van der Waals surface area contributed by atoms with Crippen LogP contribution in [0.15, 0.2) is 22.7 Å². The highest BCUT2D eigenvalue weighted by Crippen LogP contribution is 2.52. The first-order chi connectivity index (χ1) is 17.9. The van der Waals surface area contributed by atoms with Crippen LogP contribution in [0.4, 0.5) is 0 Å². The predicted octanol–water partition coefficient (Wildman–Crippen LogP) is 7.31. The highest BCUT2D eigenvalue weighted by molar-refractivity contribution is 5.82. The molecule has 4 rings (SSSR count). The Morgan fingerprint density at radius 1 is 1.11 bits per heavy atom. The zero-order valence-electron chi connectivity index (χ0n) is 24.3. The van der Waals surface area contributed by atoms with E-state index in [9.17, 15) is 9.59 Å². The minimum Gasteiger partial charge on any atom is -0.458 e. The van der Waals surface area contributed by atoms with Crippen LogP contribution in [0.1, 0.15) is 125 Å². The van der Waals surface area contributed by atoms with Gasteiger partial charge in [-0.25, -0.2) is 4.79 Å². The number of Topliss-reactive ketones (excluding diaryl/α,β-unsaturated/α-hetero) is 1. The smallest absolute Gasteiger partial charge is 0.332 e. The largest absolute Gasteiger partial charge is 0.458 e. The Kier molecular flexibility index (Phi) is 8.81. The monoisotopic (exact) mass is 523 g/mol. The van der Waals surface area contributed by atoms with Gasteiger partial charge in [-0.3, -0.25) is 4.79 Å². The molecule has 208 valence electrons. The van der Waals surface area contributed by atoms with Crippen molar-refractivity contribution in [2.24, 2.45) is 11.8 Å². The second-order valence-electron chi connectivity index (χ2n) is 13.0. The molecule has 0 bridgehead atoms. The highest BCUT2D eigenvalue weighted by Gasteiger charge is 2.42. The maximum atomic E-state index is 13.3. The van der Waals surface area contributed by atoms with E-state index in [4.69, 9.17) is 14.0 Å². The van der Waals surface area contributed by atoms with Crippen molar-refractivity contribution in [3.05, 3.63) is 51.9 Å². The molecule has 1 aromatic heterocycles. The number of ketones is 1. The second-order valence-corrected chi connectivity index (χ2v) is 13.0. The Morgan fingerprint density at radius 2 is 1.82 bits per heavy atom. The first kappa shape index (κ1) is 28.5. The predicted molar refractivity (Wildman–Crippen MR) is 147 cm³/mol. The first-order valence-corrected chi connectivity index (χ1v) is 14.3. The first-order valence-electron chi connectivity index (χ1n) is 14.3. The summed E-state index contributed by atoms with van der Waals surface area (Å²) in [4.78, 5) is 25.8. The van der Waals surface area contributed by atoms with Gasteiger partial charge < -0.3 is 14.0 Å². The standard InChI is InChI=1S/C32H45NO5/c1-19(2)12-22-14-25(15-22)31-29(23-10-11-23)30(33-38-31)27(36-18-28(35)37-32(5,6)7)17-26(34)16-24-9-8-20(3)13-21(24)4/h8-9,13,19,22-23,25,27H,10-12,14-18H2,1-7H3. The summed E-state index contributed by atoms with van der Waals surface area (Å²) in [6.07, 6.45) is 5.51. The Morgan fingerprint density at radius 3 is 2.42 bits per heavy atom. The molecule has 2 aliphatic rings. The van der Waals surface area contributed by atoms with Crippen molar-refractivity contribution < 1.29 is 23.6 Å². The number of rotatable bonds is 12. The molecule has 2 saturated carbocycles. The SMILES string of the molecule is Cc1ccc(CC(=O)CC(OCC(=O)OC(C)(C)C)c2noc(C3CC(CC(C)C)C3)c2C2CC2)c(C)c1. The van der Waals surface area contributed by atoms with Crippen molar-refractivity contribution in [2.45, 2.75) is 117 Å². The third-order valence-corrected chi connectivity index (χ3v) is 7.61. The Hall–Kier alpha value is -2.47. The summed E-state index contributed by atoms with van der Waals surface area (Å²) >= 11 is 0. The number of carbonyl (C=O) groups is 2. The number of aryl methyl sites for hydroxylation is 2. The fourth-order valence-electron chi connectivity index (χ4n) is 5.75. The van der Waals surface area contributed by atoms with E-state index in [-0.39, 0.29) is 18.8 Å². The molecule has 1 heterocycles. The van der Waals surface area contributed by atoms with E-state index in [0.29, 0.717) is 29.9 Å². The molecular formula is C32H45NO5. The lowest BCUT2D eigenvalue weighted by Crippen LogP contribution is -2.27. The van der Waals surface area contributed by atoms with Crippen LogP contribution in [0, 0.1) is 25.7 Å². The van der Waals surface area contributed by atoms with E-state index in [2.05, 4.69) is 25.1 Å². The molecule has 0 radical (unpaired) electrons. The summed E-state index contributed by atoms with van der Waals surface area (Å²) in [7, 11) is 0. The highest BCUT2D eigenvalue weighted by atomic mass is 16.6. The number of ether oxygens (including phenoxy) is 2. The third-order valence-electron chi connectivity index (χ3n) is 7.61. The van der Waals surface area contributed by atoms with Crippen molar-refractivity contribution in [3.8, 4) is 0 Å². The summed E-state index contributed by atoms with van der Waals surface area (Å²) in [5.74, 6) is 2.80. The summed E-state index contributed by atoms with van der Waals surface area (Å²) in [5, 5.41) is 4.50. The number of aromatic nitrogens is 1. The van der Waals surface area contributed by atoms with Crippen LogP contribution < -0.4 is 0 Å². The summed E-state index contributed by atoms with van der Waals surface area (Å²) in [6.45, 7) is 13.9. The molecule has 1 aromatic carbocycles. The lowest BCUT2D eigenvalue weighted by atomic mass is 9.69. The van der Waals surface area contributed by atoms with Gasteiger partial charge in [0.15, 0.2) is 0 Å². The molecule has 0 aliphatic heterocycles. The maximum absolute atomic E-state index is 13.3. The van der Waals surface area contributed by atoms with Crippen molar-refractivity contribution in [1.29, 1.82) is 0 Å². The van der Waals surface area contributed by atoms with Crippen molar-refractivity contribution in [2.75, 3.05) is 6.61 Å². The number of nitrogens with zero attached hydrogens (tertiary/aromatic N) is 1. The van der Waals surface area contributed by atoms with Crippen LogP contribution in [0.3, 0.4) is 0 Å². The Bertz CT molecular complexity index is 1130. The topological polar surface area (TPSA) is 78.6 Å². The van der Waals surface area contributed by atoms with E-state index < -0.39 is 17.7 Å². The summed E-state index contributed by atoms with van der Waals surface area (Å²) < 4.78 is 17.6. The number of esters is 1. The van der Waals surface area contributed by atoms with Gasteiger partial charge in [0, 0.05) is 24.3 Å². The van der Waals surface area contributed by atoms with E-state index in [1.807, 2.05) is 46.8 Å². The van der Waals surface area contributed by atoms with Crippen molar-refractivity contribution >= 4 is 11.8 Å². The van der Waals surface area contributed by atoms with Gasteiger partial charge in [-0.05, 0) is 95.6 Å². The van der Waals surface area contributed by atoms with Crippen LogP contribution in [-0.2, 0) is 25.5 Å². The Balaban J connectivity index is 1.53. The average Bonchev–Trinajstić information content (AvgIpc) is 3.52. The normalized spacial score (nSPS) is 20.3. The van der Waals surface area contributed by atoms with Gasteiger partial charge in [0.2, 0.25) is 0 Å². The molecule has 1 atom stereocenters. The molecule has 0 amide bonds. The van der Waals surface area contributed by atoms with Gasteiger partial charge in [0.25, 0.3) is 0 Å². The summed E-state index contributed by atoms with van der Waals surface area (Å²) in [6, 6.07) is 6.15. The Labute approximate surface area is 227 Å². The minimum absolute atomic E-state index is 0.0538. The van der Waals surface area contributed by atoms with E-state index in [1.165, 1.54) is 12.0 Å². The molecule has 6 heteroatoms. The van der Waals surface area contributed by atoms with Gasteiger partial charge in [-0.2, -0.15) is 0 Å². The molecule has 2 aromatic rings. The van der Waals surface area contributed by atoms with Gasteiger partial charge in [-0.15, -0.1) is 0 Å². The zero-order chi connectivity index (χ0) is 27.6. The molecule has 2 fully saturated rings. The zero-order valence-corrected chi connectivity index (χ0v) is 24.3. The fourth-order valence-corrected chi connectivity index (χ4v) is 5.75. The van der Waals surface area contributed by atoms with E-state index in [0.717, 1.165) is 54.1 Å². The van der Waals surface area contributed by atoms with Gasteiger partial charge >= 0.3 is 5.97 Å². The lowest BCUT2D eigenvalue weighted by molar-refractivity contribution is -0.163. The number of hydrogen-bond donors (Lipinski definition) is 0. The van der Waals surface area contributed by atoms with Crippen LogP contribution in [0.5, 0.6) is 0 Å². The minimum atomic E-state index is -0.639. The fraction of sp³-hybridized carbons (Fsp3) is 0.656. The molecule has 1 unspecified atom stereocenters. The quantitative estimate of drug-likeness (QED) is 0.271. The molecule has 2 aliphatic carbocycles. The van der Waals surface area contributed by atoms with Crippen molar-refractivity contribution in [3.63, 3.8) is 0 Å². The van der Waals surface area contributed by atoms with Gasteiger partial charge in [0.1, 0.15) is 35.5 Å².